The molecule has 1 N–H and O–H groups in total. The minimum Gasteiger partial charge on any atom is -0.310 e. The Kier molecular flexibility index (Phi) is 6.42. The van der Waals surface area contributed by atoms with Crippen molar-refractivity contribution < 1.29 is 12.8 Å². The van der Waals surface area contributed by atoms with Gasteiger partial charge in [0, 0.05) is 12.3 Å². The molecule has 0 saturated carbocycles. The molecule has 0 aromatic heterocycles. The molecule has 1 atom stereocenters. The fourth-order valence-corrected chi connectivity index (χ4v) is 2.83. The van der Waals surface area contributed by atoms with E-state index < -0.39 is 9.84 Å². The smallest absolute Gasteiger partial charge is 0.147 e. The predicted octanol–water partition coefficient (Wildman–Crippen LogP) is 3.06. The second-order valence-corrected chi connectivity index (χ2v) is 7.71. The van der Waals surface area contributed by atoms with Crippen LogP contribution in [0.15, 0.2) is 22.7 Å². The number of nitrogens with one attached hydrogen (secondary N) is 1. The zero-order valence-corrected chi connectivity index (χ0v) is 13.5. The summed E-state index contributed by atoms with van der Waals surface area (Å²) in [4.78, 5) is 0. The maximum Gasteiger partial charge on any atom is 0.147 e. The Morgan fingerprint density at radius 2 is 2.11 bits per heavy atom. The molecule has 0 aliphatic carbocycles. The lowest BCUT2D eigenvalue weighted by atomic mass is 10.0. The zero-order valence-electron chi connectivity index (χ0n) is 11.1. The van der Waals surface area contributed by atoms with Gasteiger partial charge < -0.3 is 5.32 Å². The molecule has 1 rings (SSSR count). The third-order valence-corrected chi connectivity index (χ3v) is 4.35. The fourth-order valence-electron chi connectivity index (χ4n) is 1.77. The van der Waals surface area contributed by atoms with E-state index in [1.807, 2.05) is 6.92 Å². The Balaban J connectivity index is 2.85. The molecule has 0 fully saturated rings. The third-order valence-electron chi connectivity index (χ3n) is 2.76. The first-order valence-electron chi connectivity index (χ1n) is 6.19. The lowest BCUT2D eigenvalue weighted by Gasteiger charge is -2.19. The van der Waals surface area contributed by atoms with E-state index in [1.165, 1.54) is 12.3 Å². The van der Waals surface area contributed by atoms with Crippen LogP contribution in [0.2, 0.25) is 0 Å². The average Bonchev–Trinajstić information content (AvgIpc) is 2.32. The van der Waals surface area contributed by atoms with Crippen molar-refractivity contribution >= 4 is 25.8 Å². The van der Waals surface area contributed by atoms with Crippen molar-refractivity contribution in [2.24, 2.45) is 0 Å². The van der Waals surface area contributed by atoms with Crippen molar-refractivity contribution in [3.63, 3.8) is 0 Å². The van der Waals surface area contributed by atoms with E-state index in [2.05, 4.69) is 21.2 Å². The van der Waals surface area contributed by atoms with Gasteiger partial charge in [0.15, 0.2) is 0 Å². The van der Waals surface area contributed by atoms with Gasteiger partial charge in [-0.05, 0) is 53.0 Å². The number of sulfone groups is 1. The molecular weight excluding hydrogens is 333 g/mol. The molecule has 0 heterocycles. The van der Waals surface area contributed by atoms with Crippen LogP contribution in [-0.4, -0.2) is 27.0 Å². The zero-order chi connectivity index (χ0) is 14.5. The number of hydrogen-bond acceptors (Lipinski definition) is 3. The van der Waals surface area contributed by atoms with Crippen LogP contribution in [0.1, 0.15) is 31.4 Å². The summed E-state index contributed by atoms with van der Waals surface area (Å²) in [5, 5.41) is 3.30. The second kappa shape index (κ2) is 7.36. The Hall–Kier alpha value is -0.460. The van der Waals surface area contributed by atoms with E-state index in [-0.39, 0.29) is 17.6 Å². The Bertz CT molecular complexity index is 519. The molecule has 0 bridgehead atoms. The minimum atomic E-state index is -3.00. The van der Waals surface area contributed by atoms with E-state index in [0.717, 1.165) is 18.5 Å². The third kappa shape index (κ3) is 6.01. The molecule has 1 unspecified atom stereocenters. The maximum atomic E-state index is 13.2. The predicted molar refractivity (Wildman–Crippen MR) is 79.5 cm³/mol. The Labute approximate surface area is 122 Å². The molecule has 6 heteroatoms. The molecule has 1 aromatic rings. The highest BCUT2D eigenvalue weighted by molar-refractivity contribution is 9.10. The minimum absolute atomic E-state index is 0.0772. The van der Waals surface area contributed by atoms with Crippen LogP contribution in [0, 0.1) is 5.82 Å². The van der Waals surface area contributed by atoms with Gasteiger partial charge in [0.05, 0.1) is 10.2 Å². The van der Waals surface area contributed by atoms with E-state index in [0.29, 0.717) is 10.9 Å². The van der Waals surface area contributed by atoms with Gasteiger partial charge in [-0.3, -0.25) is 0 Å². The summed E-state index contributed by atoms with van der Waals surface area (Å²) in [6, 6.07) is 4.70. The lowest BCUT2D eigenvalue weighted by molar-refractivity contribution is 0.512. The van der Waals surface area contributed by atoms with Gasteiger partial charge in [0.25, 0.3) is 0 Å². The number of rotatable bonds is 7. The molecule has 3 nitrogen and oxygen atoms in total. The molecule has 19 heavy (non-hydrogen) atoms. The first kappa shape index (κ1) is 16.6. The van der Waals surface area contributed by atoms with E-state index in [4.69, 9.17) is 0 Å². The summed E-state index contributed by atoms with van der Waals surface area (Å²) in [6.45, 7) is 2.84. The van der Waals surface area contributed by atoms with Crippen LogP contribution in [0.5, 0.6) is 0 Å². The maximum absolute atomic E-state index is 13.2. The summed E-state index contributed by atoms with van der Waals surface area (Å²) in [5.74, 6) is -0.204. The first-order chi connectivity index (χ1) is 8.83. The quantitative estimate of drug-likeness (QED) is 0.820. The topological polar surface area (TPSA) is 46.2 Å². The van der Waals surface area contributed by atoms with Crippen molar-refractivity contribution in [1.82, 2.24) is 5.32 Å². The highest BCUT2D eigenvalue weighted by Crippen LogP contribution is 2.23. The number of hydrogen-bond donors (Lipinski definition) is 1. The summed E-state index contributed by atoms with van der Waals surface area (Å²) >= 11 is 3.15. The SMILES string of the molecule is CCCNC(CCS(C)(=O)=O)c1ccc(F)c(Br)c1. The summed E-state index contributed by atoms with van der Waals surface area (Å²) in [7, 11) is -3.00. The van der Waals surface area contributed by atoms with Gasteiger partial charge in [-0.25, -0.2) is 12.8 Å². The van der Waals surface area contributed by atoms with Crippen LogP contribution < -0.4 is 5.32 Å². The van der Waals surface area contributed by atoms with E-state index in [9.17, 15) is 12.8 Å². The van der Waals surface area contributed by atoms with Crippen molar-refractivity contribution in [3.05, 3.63) is 34.1 Å². The van der Waals surface area contributed by atoms with Crippen molar-refractivity contribution in [1.29, 1.82) is 0 Å². The molecule has 0 aliphatic heterocycles. The van der Waals surface area contributed by atoms with Crippen molar-refractivity contribution in [2.45, 2.75) is 25.8 Å². The largest absolute Gasteiger partial charge is 0.310 e. The highest BCUT2D eigenvalue weighted by Gasteiger charge is 2.15. The molecule has 0 spiro atoms. The molecule has 0 amide bonds. The van der Waals surface area contributed by atoms with E-state index >= 15 is 0 Å². The van der Waals surface area contributed by atoms with Crippen LogP contribution in [0.3, 0.4) is 0 Å². The molecule has 0 saturated heterocycles. The van der Waals surface area contributed by atoms with Crippen LogP contribution in [0.25, 0.3) is 0 Å². The Morgan fingerprint density at radius 3 is 2.63 bits per heavy atom. The normalized spacial score (nSPS) is 13.5. The highest BCUT2D eigenvalue weighted by atomic mass is 79.9. The number of halogens is 2. The monoisotopic (exact) mass is 351 g/mol. The molecule has 0 radical (unpaired) electrons. The molecular formula is C13H19BrFNO2S. The summed E-state index contributed by atoms with van der Waals surface area (Å²) in [5.41, 5.74) is 0.894. The van der Waals surface area contributed by atoms with Crippen molar-refractivity contribution in [2.75, 3.05) is 18.6 Å². The van der Waals surface area contributed by atoms with Crippen LogP contribution >= 0.6 is 15.9 Å². The van der Waals surface area contributed by atoms with Crippen molar-refractivity contribution in [3.8, 4) is 0 Å². The van der Waals surface area contributed by atoms with Gasteiger partial charge in [-0.15, -0.1) is 0 Å². The Morgan fingerprint density at radius 1 is 1.42 bits per heavy atom. The second-order valence-electron chi connectivity index (χ2n) is 4.60. The van der Waals surface area contributed by atoms with Gasteiger partial charge in [0.2, 0.25) is 0 Å². The first-order valence-corrected chi connectivity index (χ1v) is 9.05. The van der Waals surface area contributed by atoms with Gasteiger partial charge in [0.1, 0.15) is 15.7 Å². The van der Waals surface area contributed by atoms with Gasteiger partial charge in [-0.1, -0.05) is 13.0 Å². The molecule has 1 aromatic carbocycles. The summed E-state index contributed by atoms with van der Waals surface area (Å²) in [6.07, 6.45) is 2.67. The van der Waals surface area contributed by atoms with Crippen LogP contribution in [0.4, 0.5) is 4.39 Å². The average molecular weight is 352 g/mol. The standard InChI is InChI=1S/C13H19BrFNO2S/c1-3-7-16-13(6-8-19(2,17)18)10-4-5-12(15)11(14)9-10/h4-5,9,13,16H,3,6-8H2,1-2H3. The lowest BCUT2D eigenvalue weighted by Crippen LogP contribution is -2.24. The van der Waals surface area contributed by atoms with E-state index in [1.54, 1.807) is 12.1 Å². The number of benzene rings is 1. The fraction of sp³-hybridized carbons (Fsp3) is 0.538. The van der Waals surface area contributed by atoms with Gasteiger partial charge in [-0.2, -0.15) is 0 Å². The molecule has 0 aliphatic rings. The molecule has 108 valence electrons. The summed E-state index contributed by atoms with van der Waals surface area (Å²) < 4.78 is 36.2. The van der Waals surface area contributed by atoms with Gasteiger partial charge >= 0.3 is 0 Å². The van der Waals surface area contributed by atoms with Crippen LogP contribution in [-0.2, 0) is 9.84 Å².